The summed E-state index contributed by atoms with van der Waals surface area (Å²) in [5, 5.41) is 0. The highest BCUT2D eigenvalue weighted by Gasteiger charge is 2.13. The third-order valence-corrected chi connectivity index (χ3v) is 2.23. The second-order valence-electron chi connectivity index (χ2n) is 5.05. The van der Waals surface area contributed by atoms with E-state index < -0.39 is 0 Å². The molecule has 0 unspecified atom stereocenters. The first-order valence-corrected chi connectivity index (χ1v) is 5.10. The maximum atomic E-state index is 10.2. The molecule has 0 N–H and O–H groups in total. The number of isocyanates is 1. The number of hydrogen-bond acceptors (Lipinski definition) is 2. The smallest absolute Gasteiger partial charge is 0.211 e. The van der Waals surface area contributed by atoms with Crippen molar-refractivity contribution in [1.29, 1.82) is 0 Å². The van der Waals surface area contributed by atoms with Gasteiger partial charge in [-0.25, -0.2) is 4.79 Å². The maximum absolute atomic E-state index is 10.2. The Balaban J connectivity index is 3.05. The first-order valence-electron chi connectivity index (χ1n) is 5.10. The summed E-state index contributed by atoms with van der Waals surface area (Å²) < 4.78 is 0. The standard InChI is InChI=1S/C13H17NO/c1-10-5-6-12(14-9-15)7-11(10)8-13(2,3)4/h5-7H,8H2,1-4H3. The minimum absolute atomic E-state index is 0.244. The van der Waals surface area contributed by atoms with Crippen molar-refractivity contribution in [2.45, 2.75) is 34.1 Å². The van der Waals surface area contributed by atoms with Crippen LogP contribution in [-0.4, -0.2) is 6.08 Å². The molecule has 0 spiro atoms. The van der Waals surface area contributed by atoms with Crippen LogP contribution < -0.4 is 0 Å². The highest BCUT2D eigenvalue weighted by atomic mass is 16.1. The van der Waals surface area contributed by atoms with Gasteiger partial charge in [0.05, 0.1) is 5.69 Å². The fourth-order valence-electron chi connectivity index (χ4n) is 1.54. The van der Waals surface area contributed by atoms with Crippen LogP contribution >= 0.6 is 0 Å². The quantitative estimate of drug-likeness (QED) is 0.534. The molecule has 0 aromatic heterocycles. The van der Waals surface area contributed by atoms with Crippen LogP contribution in [-0.2, 0) is 11.2 Å². The van der Waals surface area contributed by atoms with E-state index >= 15 is 0 Å². The van der Waals surface area contributed by atoms with E-state index in [1.165, 1.54) is 11.1 Å². The van der Waals surface area contributed by atoms with E-state index in [1.807, 2.05) is 18.2 Å². The van der Waals surface area contributed by atoms with Gasteiger partial charge < -0.3 is 0 Å². The summed E-state index contributed by atoms with van der Waals surface area (Å²) in [6.07, 6.45) is 2.56. The molecule has 0 fully saturated rings. The molecule has 0 saturated heterocycles. The number of carbonyl (C=O) groups excluding carboxylic acids is 1. The van der Waals surface area contributed by atoms with Gasteiger partial charge in [0.25, 0.3) is 0 Å². The first-order chi connectivity index (χ1) is 6.92. The summed E-state index contributed by atoms with van der Waals surface area (Å²) in [7, 11) is 0. The van der Waals surface area contributed by atoms with Gasteiger partial charge in [-0.2, -0.15) is 4.99 Å². The summed E-state index contributed by atoms with van der Waals surface area (Å²) in [5.41, 5.74) is 3.43. The Labute approximate surface area is 91.0 Å². The van der Waals surface area contributed by atoms with Crippen LogP contribution in [0.1, 0.15) is 31.9 Å². The van der Waals surface area contributed by atoms with Crippen molar-refractivity contribution in [1.82, 2.24) is 0 Å². The number of aryl methyl sites for hydroxylation is 1. The zero-order valence-electron chi connectivity index (χ0n) is 9.79. The van der Waals surface area contributed by atoms with Crippen molar-refractivity contribution in [3.8, 4) is 0 Å². The van der Waals surface area contributed by atoms with Gasteiger partial charge >= 0.3 is 0 Å². The van der Waals surface area contributed by atoms with E-state index in [4.69, 9.17) is 0 Å². The maximum Gasteiger partial charge on any atom is 0.240 e. The molecule has 0 atom stereocenters. The largest absolute Gasteiger partial charge is 0.240 e. The lowest BCUT2D eigenvalue weighted by molar-refractivity contribution is 0.410. The molecule has 1 rings (SSSR count). The molecular formula is C13H17NO. The SMILES string of the molecule is Cc1ccc(N=C=O)cc1CC(C)(C)C. The molecule has 0 heterocycles. The lowest BCUT2D eigenvalue weighted by atomic mass is 9.86. The van der Waals surface area contributed by atoms with Crippen LogP contribution in [0.15, 0.2) is 23.2 Å². The van der Waals surface area contributed by atoms with Gasteiger partial charge in [-0.05, 0) is 42.0 Å². The highest BCUT2D eigenvalue weighted by Crippen LogP contribution is 2.25. The molecule has 2 heteroatoms. The van der Waals surface area contributed by atoms with Crippen molar-refractivity contribution in [3.63, 3.8) is 0 Å². The van der Waals surface area contributed by atoms with Crippen LogP contribution in [0.4, 0.5) is 5.69 Å². The monoisotopic (exact) mass is 203 g/mol. The van der Waals surface area contributed by atoms with Gasteiger partial charge in [-0.3, -0.25) is 0 Å². The second kappa shape index (κ2) is 4.41. The third kappa shape index (κ3) is 3.69. The Morgan fingerprint density at radius 2 is 2.00 bits per heavy atom. The molecule has 1 aromatic rings. The van der Waals surface area contributed by atoms with E-state index in [0.29, 0.717) is 5.69 Å². The predicted molar refractivity (Wildman–Crippen MR) is 62.1 cm³/mol. The number of rotatable bonds is 2. The Bertz CT molecular complexity index is 395. The molecule has 0 amide bonds. The average molecular weight is 203 g/mol. The molecule has 0 aliphatic rings. The molecule has 0 bridgehead atoms. The molecule has 15 heavy (non-hydrogen) atoms. The van der Waals surface area contributed by atoms with Crippen molar-refractivity contribution in [3.05, 3.63) is 29.3 Å². The topological polar surface area (TPSA) is 29.4 Å². The summed E-state index contributed by atoms with van der Waals surface area (Å²) in [6.45, 7) is 8.67. The number of hydrogen-bond donors (Lipinski definition) is 0. The van der Waals surface area contributed by atoms with Gasteiger partial charge in [-0.15, -0.1) is 0 Å². The lowest BCUT2D eigenvalue weighted by Gasteiger charge is -2.19. The second-order valence-corrected chi connectivity index (χ2v) is 5.05. The normalized spacial score (nSPS) is 10.9. The predicted octanol–water partition coefficient (Wildman–Crippen LogP) is 3.55. The Hall–Kier alpha value is -1.40. The minimum Gasteiger partial charge on any atom is -0.211 e. The van der Waals surface area contributed by atoms with Crippen molar-refractivity contribution >= 4 is 11.8 Å². The van der Waals surface area contributed by atoms with Gasteiger partial charge in [0.2, 0.25) is 6.08 Å². The van der Waals surface area contributed by atoms with E-state index in [-0.39, 0.29) is 5.41 Å². The minimum atomic E-state index is 0.244. The molecule has 0 aliphatic carbocycles. The molecular weight excluding hydrogens is 186 g/mol. The summed E-state index contributed by atoms with van der Waals surface area (Å²) in [5.74, 6) is 0. The fraction of sp³-hybridized carbons (Fsp3) is 0.462. The van der Waals surface area contributed by atoms with Crippen molar-refractivity contribution in [2.75, 3.05) is 0 Å². The Morgan fingerprint density at radius 1 is 1.33 bits per heavy atom. The number of nitrogens with zero attached hydrogens (tertiary/aromatic N) is 1. The molecule has 0 radical (unpaired) electrons. The summed E-state index contributed by atoms with van der Waals surface area (Å²) in [4.78, 5) is 13.8. The molecule has 2 nitrogen and oxygen atoms in total. The van der Waals surface area contributed by atoms with E-state index in [0.717, 1.165) is 6.42 Å². The third-order valence-electron chi connectivity index (χ3n) is 2.23. The van der Waals surface area contributed by atoms with Gasteiger partial charge in [0.15, 0.2) is 0 Å². The van der Waals surface area contributed by atoms with Gasteiger partial charge in [0, 0.05) is 0 Å². The molecule has 80 valence electrons. The molecule has 0 saturated carbocycles. The molecule has 1 aromatic carbocycles. The van der Waals surface area contributed by atoms with E-state index in [2.05, 4.69) is 32.7 Å². The highest BCUT2D eigenvalue weighted by molar-refractivity contribution is 5.51. The Morgan fingerprint density at radius 3 is 2.53 bits per heavy atom. The first kappa shape index (κ1) is 11.7. The van der Waals surface area contributed by atoms with Crippen LogP contribution in [0.25, 0.3) is 0 Å². The van der Waals surface area contributed by atoms with Crippen LogP contribution in [0.2, 0.25) is 0 Å². The van der Waals surface area contributed by atoms with E-state index in [1.54, 1.807) is 6.08 Å². The Kier molecular flexibility index (Phi) is 3.43. The summed E-state index contributed by atoms with van der Waals surface area (Å²) >= 11 is 0. The van der Waals surface area contributed by atoms with Gasteiger partial charge in [0.1, 0.15) is 0 Å². The van der Waals surface area contributed by atoms with Crippen molar-refractivity contribution < 1.29 is 4.79 Å². The van der Waals surface area contributed by atoms with E-state index in [9.17, 15) is 4.79 Å². The van der Waals surface area contributed by atoms with Crippen molar-refractivity contribution in [2.24, 2.45) is 10.4 Å². The summed E-state index contributed by atoms with van der Waals surface area (Å²) in [6, 6.07) is 5.80. The van der Waals surface area contributed by atoms with Crippen LogP contribution in [0, 0.1) is 12.3 Å². The number of aliphatic imine (C=N–C) groups is 1. The zero-order valence-corrected chi connectivity index (χ0v) is 9.79. The number of benzene rings is 1. The van der Waals surface area contributed by atoms with Crippen LogP contribution in [0.3, 0.4) is 0 Å². The van der Waals surface area contributed by atoms with Gasteiger partial charge in [-0.1, -0.05) is 26.8 Å². The average Bonchev–Trinajstić information content (AvgIpc) is 2.09. The molecule has 0 aliphatic heterocycles. The zero-order chi connectivity index (χ0) is 11.5. The van der Waals surface area contributed by atoms with Crippen LogP contribution in [0.5, 0.6) is 0 Å². The lowest BCUT2D eigenvalue weighted by Crippen LogP contribution is -2.10. The fourth-order valence-corrected chi connectivity index (χ4v) is 1.54.